The number of methoxy groups -OCH3 is 1. The quantitative estimate of drug-likeness (QED) is 0.307. The summed E-state index contributed by atoms with van der Waals surface area (Å²) in [6.07, 6.45) is 1.61. The predicted molar refractivity (Wildman–Crippen MR) is 140 cm³/mol. The molecule has 36 heavy (non-hydrogen) atoms. The van der Waals surface area contributed by atoms with Crippen molar-refractivity contribution >= 4 is 27.5 Å². The number of carbonyl (C=O) groups is 1. The van der Waals surface area contributed by atoms with Crippen LogP contribution in [0.2, 0.25) is 0 Å². The molecule has 0 radical (unpaired) electrons. The zero-order chi connectivity index (χ0) is 25.7. The summed E-state index contributed by atoms with van der Waals surface area (Å²) in [5, 5.41) is 6.83. The number of halogens is 1. The third-order valence-electron chi connectivity index (χ3n) is 5.27. The molecular formula is C26H26BrN5O4. The van der Waals surface area contributed by atoms with Gasteiger partial charge >= 0.3 is 0 Å². The average Bonchev–Trinajstić information content (AvgIpc) is 3.31. The van der Waals surface area contributed by atoms with Crippen LogP contribution in [0.25, 0.3) is 22.6 Å². The minimum absolute atomic E-state index is 0.258. The Kier molecular flexibility index (Phi) is 7.97. The maximum Gasteiger partial charge on any atom is 0.255 e. The van der Waals surface area contributed by atoms with Crippen LogP contribution >= 0.6 is 15.9 Å². The first-order valence-electron chi connectivity index (χ1n) is 11.2. The number of amides is 1. The van der Waals surface area contributed by atoms with E-state index in [4.69, 9.17) is 14.0 Å². The molecule has 0 bridgehead atoms. The van der Waals surface area contributed by atoms with Crippen molar-refractivity contribution in [3.63, 3.8) is 0 Å². The van der Waals surface area contributed by atoms with E-state index in [0.29, 0.717) is 46.8 Å². The van der Waals surface area contributed by atoms with E-state index in [0.717, 1.165) is 22.1 Å². The van der Waals surface area contributed by atoms with E-state index in [9.17, 15) is 4.79 Å². The van der Waals surface area contributed by atoms with Gasteiger partial charge < -0.3 is 24.2 Å². The molecule has 186 valence electrons. The zero-order valence-corrected chi connectivity index (χ0v) is 22.0. The van der Waals surface area contributed by atoms with Gasteiger partial charge in [0.15, 0.2) is 0 Å². The lowest BCUT2D eigenvalue weighted by molar-refractivity contribution is 0.102. The van der Waals surface area contributed by atoms with Crippen LogP contribution in [-0.4, -0.2) is 60.3 Å². The lowest BCUT2D eigenvalue weighted by Gasteiger charge is -2.13. The Morgan fingerprint density at radius 3 is 2.61 bits per heavy atom. The van der Waals surface area contributed by atoms with Crippen molar-refractivity contribution in [1.29, 1.82) is 0 Å². The highest BCUT2D eigenvalue weighted by Gasteiger charge is 2.14. The average molecular weight is 552 g/mol. The highest BCUT2D eigenvalue weighted by Crippen LogP contribution is 2.33. The lowest BCUT2D eigenvalue weighted by Crippen LogP contribution is -2.19. The van der Waals surface area contributed by atoms with E-state index in [1.165, 1.54) is 0 Å². The van der Waals surface area contributed by atoms with Gasteiger partial charge in [-0.15, -0.1) is 0 Å². The van der Waals surface area contributed by atoms with Gasteiger partial charge in [-0.2, -0.15) is 4.98 Å². The van der Waals surface area contributed by atoms with Crippen LogP contribution < -0.4 is 14.8 Å². The van der Waals surface area contributed by atoms with Crippen molar-refractivity contribution in [3.05, 3.63) is 70.7 Å². The van der Waals surface area contributed by atoms with E-state index >= 15 is 0 Å². The Labute approximate surface area is 217 Å². The number of aryl methyl sites for hydroxylation is 1. The summed E-state index contributed by atoms with van der Waals surface area (Å²) < 4.78 is 17.2. The third kappa shape index (κ3) is 6.07. The molecule has 0 unspecified atom stereocenters. The molecule has 0 aliphatic carbocycles. The molecule has 0 saturated heterocycles. The van der Waals surface area contributed by atoms with Gasteiger partial charge in [-0.25, -0.2) is 0 Å². The van der Waals surface area contributed by atoms with Crippen LogP contribution in [0.5, 0.6) is 11.5 Å². The van der Waals surface area contributed by atoms with Crippen molar-refractivity contribution < 1.29 is 18.8 Å². The van der Waals surface area contributed by atoms with Gasteiger partial charge in [0.05, 0.1) is 29.2 Å². The lowest BCUT2D eigenvalue weighted by atomic mass is 10.1. The summed E-state index contributed by atoms with van der Waals surface area (Å²) in [6, 6.07) is 14.5. The molecule has 1 amide bonds. The van der Waals surface area contributed by atoms with E-state index in [-0.39, 0.29) is 5.91 Å². The van der Waals surface area contributed by atoms with Crippen molar-refractivity contribution in [1.82, 2.24) is 20.0 Å². The summed E-state index contributed by atoms with van der Waals surface area (Å²) >= 11 is 3.47. The molecule has 1 N–H and O–H groups in total. The predicted octanol–water partition coefficient (Wildman–Crippen LogP) is 5.07. The first-order chi connectivity index (χ1) is 17.3. The maximum absolute atomic E-state index is 12.8. The molecule has 4 aromatic rings. The number of rotatable bonds is 9. The highest BCUT2D eigenvalue weighted by atomic mass is 79.9. The third-order valence-corrected chi connectivity index (χ3v) is 5.93. The smallest absolute Gasteiger partial charge is 0.255 e. The Morgan fingerprint density at radius 2 is 1.94 bits per heavy atom. The first kappa shape index (κ1) is 25.3. The molecule has 0 atom stereocenters. The fourth-order valence-electron chi connectivity index (χ4n) is 3.38. The number of ether oxygens (including phenoxy) is 2. The first-order valence-corrected chi connectivity index (χ1v) is 12.0. The van der Waals surface area contributed by atoms with Crippen molar-refractivity contribution in [2.24, 2.45) is 0 Å². The summed E-state index contributed by atoms with van der Waals surface area (Å²) in [7, 11) is 5.54. The Hall–Kier alpha value is -3.76. The molecule has 2 aromatic carbocycles. The van der Waals surface area contributed by atoms with Crippen LogP contribution in [0.4, 0.5) is 5.69 Å². The van der Waals surface area contributed by atoms with Crippen LogP contribution in [0, 0.1) is 6.92 Å². The number of carbonyl (C=O) groups excluding carboxylic acids is 1. The Morgan fingerprint density at radius 1 is 1.11 bits per heavy atom. The molecule has 0 spiro atoms. The normalized spacial score (nSPS) is 10.9. The van der Waals surface area contributed by atoms with Gasteiger partial charge in [0.25, 0.3) is 5.91 Å². The fourth-order valence-corrected chi connectivity index (χ4v) is 3.74. The number of nitrogens with one attached hydrogen (secondary N) is 1. The van der Waals surface area contributed by atoms with Crippen LogP contribution in [0.15, 0.2) is 63.7 Å². The molecular weight excluding hydrogens is 526 g/mol. The molecule has 0 saturated carbocycles. The standard InChI is InChI=1S/C26H26BrN5O4/c1-16-29-25(31-36-16)17-5-8-20(23(13-17)34-4)22-10-7-19(15-28-22)30-26(33)18-6-9-21(27)24(14-18)35-12-11-32(2)3/h5-10,13-15H,11-12H2,1-4H3,(H,30,33). The number of benzene rings is 2. The van der Waals surface area contributed by atoms with Crippen molar-refractivity contribution in [3.8, 4) is 34.1 Å². The molecule has 4 rings (SSSR count). The molecule has 2 heterocycles. The second-order valence-electron chi connectivity index (χ2n) is 8.24. The second-order valence-corrected chi connectivity index (χ2v) is 9.09. The number of aromatic nitrogens is 3. The van der Waals surface area contributed by atoms with Crippen molar-refractivity contribution in [2.45, 2.75) is 6.92 Å². The van der Waals surface area contributed by atoms with E-state index < -0.39 is 0 Å². The van der Waals surface area contributed by atoms with Gasteiger partial charge in [0.1, 0.15) is 18.1 Å². The van der Waals surface area contributed by atoms with Crippen LogP contribution in [0.3, 0.4) is 0 Å². The number of nitrogens with zero attached hydrogens (tertiary/aromatic N) is 4. The SMILES string of the molecule is COc1cc(-c2noc(C)n2)ccc1-c1ccc(NC(=O)c2ccc(Br)c(OCCN(C)C)c2)cn1. The van der Waals surface area contributed by atoms with Crippen LogP contribution in [0.1, 0.15) is 16.2 Å². The molecule has 0 aliphatic heterocycles. The number of likely N-dealkylation sites (N-methyl/N-ethyl adjacent to an activating group) is 1. The maximum atomic E-state index is 12.8. The molecule has 10 heteroatoms. The number of pyridine rings is 1. The monoisotopic (exact) mass is 551 g/mol. The fraction of sp³-hybridized carbons (Fsp3) is 0.231. The topological polar surface area (TPSA) is 103 Å². The summed E-state index contributed by atoms with van der Waals surface area (Å²) in [5.41, 5.74) is 3.32. The van der Waals surface area contributed by atoms with E-state index in [2.05, 4.69) is 36.4 Å². The summed E-state index contributed by atoms with van der Waals surface area (Å²) in [4.78, 5) is 23.6. The Bertz CT molecular complexity index is 1350. The molecule has 0 fully saturated rings. The Balaban J connectivity index is 1.47. The summed E-state index contributed by atoms with van der Waals surface area (Å²) in [6.45, 7) is 3.02. The number of hydrogen-bond donors (Lipinski definition) is 1. The van der Waals surface area contributed by atoms with E-state index in [1.54, 1.807) is 44.5 Å². The molecule has 9 nitrogen and oxygen atoms in total. The molecule has 2 aromatic heterocycles. The van der Waals surface area contributed by atoms with E-state index in [1.807, 2.05) is 43.3 Å². The van der Waals surface area contributed by atoms with Gasteiger partial charge in [0.2, 0.25) is 11.7 Å². The highest BCUT2D eigenvalue weighted by molar-refractivity contribution is 9.10. The minimum Gasteiger partial charge on any atom is -0.496 e. The van der Waals surface area contributed by atoms with Crippen LogP contribution in [-0.2, 0) is 0 Å². The number of anilines is 1. The largest absolute Gasteiger partial charge is 0.496 e. The van der Waals surface area contributed by atoms with Gasteiger partial charge in [0, 0.05) is 30.2 Å². The zero-order valence-electron chi connectivity index (χ0n) is 20.4. The minimum atomic E-state index is -0.258. The van der Waals surface area contributed by atoms with Crippen molar-refractivity contribution in [2.75, 3.05) is 39.7 Å². The molecule has 0 aliphatic rings. The van der Waals surface area contributed by atoms with Gasteiger partial charge in [-0.05, 0) is 72.5 Å². The van der Waals surface area contributed by atoms with Gasteiger partial charge in [-0.3, -0.25) is 9.78 Å². The summed E-state index contributed by atoms with van der Waals surface area (Å²) in [5.74, 6) is 1.96. The number of hydrogen-bond acceptors (Lipinski definition) is 8. The van der Waals surface area contributed by atoms with Gasteiger partial charge in [-0.1, -0.05) is 11.2 Å². The second kappa shape index (κ2) is 11.3.